The second-order valence-corrected chi connectivity index (χ2v) is 16.0. The van der Waals surface area contributed by atoms with Crippen LogP contribution in [0.2, 0.25) is 0 Å². The van der Waals surface area contributed by atoms with Crippen LogP contribution in [0.5, 0.6) is 0 Å². The minimum absolute atomic E-state index is 1.08. The van der Waals surface area contributed by atoms with E-state index in [0.29, 0.717) is 0 Å². The Hall–Kier alpha value is -8.26. The molecule has 296 valence electrons. The molecule has 0 aliphatic rings. The van der Waals surface area contributed by atoms with Gasteiger partial charge in [0.15, 0.2) is 0 Å². The van der Waals surface area contributed by atoms with E-state index in [4.69, 9.17) is 0 Å². The zero-order valence-electron chi connectivity index (χ0n) is 34.8. The summed E-state index contributed by atoms with van der Waals surface area (Å²) < 4.78 is 0. The van der Waals surface area contributed by atoms with E-state index in [1.165, 1.54) is 82.7 Å². The molecule has 0 aliphatic heterocycles. The van der Waals surface area contributed by atoms with Crippen molar-refractivity contribution >= 4 is 38.6 Å². The topological polar surface area (TPSA) is 3.24 Å². The quantitative estimate of drug-likeness (QED) is 0.131. The van der Waals surface area contributed by atoms with Gasteiger partial charge in [0.05, 0.1) is 5.69 Å². The van der Waals surface area contributed by atoms with Crippen LogP contribution in [0.3, 0.4) is 0 Å². The molecule has 0 aliphatic carbocycles. The number of anilines is 3. The van der Waals surface area contributed by atoms with Crippen molar-refractivity contribution in [2.24, 2.45) is 0 Å². The molecule has 0 radical (unpaired) electrons. The van der Waals surface area contributed by atoms with Crippen LogP contribution in [-0.2, 0) is 0 Å². The summed E-state index contributed by atoms with van der Waals surface area (Å²) in [5.41, 5.74) is 17.7. The first kappa shape index (κ1) is 37.7. The first-order chi connectivity index (χ1) is 31.3. The lowest BCUT2D eigenvalue weighted by Crippen LogP contribution is -2.11. The van der Waals surface area contributed by atoms with Gasteiger partial charge in [-0.05, 0) is 119 Å². The van der Waals surface area contributed by atoms with Crippen LogP contribution >= 0.6 is 0 Å². The Morgan fingerprint density at radius 3 is 1.27 bits per heavy atom. The van der Waals surface area contributed by atoms with Gasteiger partial charge in [0.1, 0.15) is 0 Å². The van der Waals surface area contributed by atoms with E-state index in [-0.39, 0.29) is 0 Å². The van der Waals surface area contributed by atoms with E-state index in [9.17, 15) is 0 Å². The molecule has 0 N–H and O–H groups in total. The van der Waals surface area contributed by atoms with Gasteiger partial charge in [-0.25, -0.2) is 0 Å². The van der Waals surface area contributed by atoms with Crippen LogP contribution < -0.4 is 4.90 Å². The van der Waals surface area contributed by atoms with Gasteiger partial charge in [-0.1, -0.05) is 224 Å². The van der Waals surface area contributed by atoms with Gasteiger partial charge in [-0.15, -0.1) is 0 Å². The van der Waals surface area contributed by atoms with E-state index in [1.54, 1.807) is 0 Å². The van der Waals surface area contributed by atoms with Crippen molar-refractivity contribution in [1.82, 2.24) is 0 Å². The molecule has 0 saturated carbocycles. The van der Waals surface area contributed by atoms with Crippen LogP contribution in [-0.4, -0.2) is 0 Å². The Morgan fingerprint density at radius 2 is 0.651 bits per heavy atom. The molecule has 0 heterocycles. The van der Waals surface area contributed by atoms with Gasteiger partial charge in [0, 0.05) is 16.8 Å². The Bertz CT molecular complexity index is 3340. The number of hydrogen-bond donors (Lipinski definition) is 0. The first-order valence-corrected chi connectivity index (χ1v) is 21.7. The summed E-state index contributed by atoms with van der Waals surface area (Å²) in [6, 6.07) is 94.6. The van der Waals surface area contributed by atoms with Crippen molar-refractivity contribution in [3.8, 4) is 66.8 Å². The summed E-state index contributed by atoms with van der Waals surface area (Å²) in [6.45, 7) is 0. The largest absolute Gasteiger partial charge is 0.310 e. The molecule has 1 heteroatoms. The van der Waals surface area contributed by atoms with Crippen LogP contribution in [0.25, 0.3) is 88.3 Å². The number of hydrogen-bond acceptors (Lipinski definition) is 1. The van der Waals surface area contributed by atoms with Crippen LogP contribution in [0.1, 0.15) is 0 Å². The molecule has 0 bridgehead atoms. The Kier molecular flexibility index (Phi) is 9.97. The van der Waals surface area contributed by atoms with Gasteiger partial charge in [0.25, 0.3) is 0 Å². The molecule has 0 fully saturated rings. The maximum atomic E-state index is 2.45. The molecule has 0 atom stereocenters. The number of benzene rings is 11. The van der Waals surface area contributed by atoms with E-state index in [1.807, 2.05) is 0 Å². The molecule has 11 aromatic rings. The third kappa shape index (κ3) is 7.16. The molecule has 0 saturated heterocycles. The Labute approximate surface area is 369 Å². The molecular formula is C62H43N. The number of rotatable bonds is 9. The SMILES string of the molecule is c1ccc(-c2cccc(N(c3ccc(-c4ccc(-c5ccccc5)c(-c5ccccc5)c4)cc3)c3cccc4c(-c5ccccc5)c(-c5ccccc5)c5ccccc5c34)c2)cc1. The fourth-order valence-corrected chi connectivity index (χ4v) is 9.35. The monoisotopic (exact) mass is 801 g/mol. The summed E-state index contributed by atoms with van der Waals surface area (Å²) in [5.74, 6) is 0. The third-order valence-electron chi connectivity index (χ3n) is 12.3. The highest BCUT2D eigenvalue weighted by Crippen LogP contribution is 2.50. The van der Waals surface area contributed by atoms with Crippen LogP contribution in [0.4, 0.5) is 17.1 Å². The lowest BCUT2D eigenvalue weighted by molar-refractivity contribution is 1.30. The molecule has 1 nitrogen and oxygen atoms in total. The molecule has 0 amide bonds. The van der Waals surface area contributed by atoms with Crippen molar-refractivity contribution in [2.45, 2.75) is 0 Å². The predicted molar refractivity (Wildman–Crippen MR) is 269 cm³/mol. The third-order valence-corrected chi connectivity index (χ3v) is 12.3. The molecule has 0 unspecified atom stereocenters. The molecule has 11 rings (SSSR count). The Balaban J connectivity index is 1.13. The summed E-state index contributed by atoms with van der Waals surface area (Å²) >= 11 is 0. The second-order valence-electron chi connectivity index (χ2n) is 16.0. The Morgan fingerprint density at radius 1 is 0.222 bits per heavy atom. The highest BCUT2D eigenvalue weighted by Gasteiger charge is 2.23. The zero-order valence-corrected chi connectivity index (χ0v) is 34.8. The second kappa shape index (κ2) is 16.7. The highest BCUT2D eigenvalue weighted by atomic mass is 15.1. The van der Waals surface area contributed by atoms with Crippen LogP contribution in [0, 0.1) is 0 Å². The fraction of sp³-hybridized carbons (Fsp3) is 0. The lowest BCUT2D eigenvalue weighted by atomic mass is 9.84. The summed E-state index contributed by atoms with van der Waals surface area (Å²) in [6.07, 6.45) is 0. The number of nitrogens with zero attached hydrogens (tertiary/aromatic N) is 1. The van der Waals surface area contributed by atoms with E-state index in [0.717, 1.165) is 22.6 Å². The van der Waals surface area contributed by atoms with Gasteiger partial charge < -0.3 is 4.90 Å². The summed E-state index contributed by atoms with van der Waals surface area (Å²) in [7, 11) is 0. The fourth-order valence-electron chi connectivity index (χ4n) is 9.35. The lowest BCUT2D eigenvalue weighted by Gasteiger charge is -2.29. The van der Waals surface area contributed by atoms with Gasteiger partial charge in [0.2, 0.25) is 0 Å². The van der Waals surface area contributed by atoms with Gasteiger partial charge >= 0.3 is 0 Å². The minimum Gasteiger partial charge on any atom is -0.310 e. The summed E-state index contributed by atoms with van der Waals surface area (Å²) in [5, 5.41) is 4.87. The highest BCUT2D eigenvalue weighted by molar-refractivity contribution is 6.25. The molecule has 0 aromatic heterocycles. The molecule has 63 heavy (non-hydrogen) atoms. The van der Waals surface area contributed by atoms with Gasteiger partial charge in [-0.3, -0.25) is 0 Å². The predicted octanol–water partition coefficient (Wildman–Crippen LogP) is 17.5. The standard InChI is InChI=1S/C62H43N/c1-6-20-44(21-7-1)50-30-18-31-53(42-50)63(52-39-36-45(37-40-52)51-38-41-54(46-22-8-2-9-23-46)58(43-51)47-24-10-3-11-25-47)59-35-19-34-57-61(49-28-14-5-15-29-49)60(48-26-12-4-13-27-48)55-32-16-17-33-56(55)62(57)59/h1-43H. The maximum Gasteiger partial charge on any atom is 0.0546 e. The van der Waals surface area contributed by atoms with Crippen molar-refractivity contribution in [2.75, 3.05) is 4.90 Å². The van der Waals surface area contributed by atoms with Crippen LogP contribution in [0.15, 0.2) is 261 Å². The molecule has 11 aromatic carbocycles. The normalized spacial score (nSPS) is 11.2. The first-order valence-electron chi connectivity index (χ1n) is 21.7. The zero-order chi connectivity index (χ0) is 42.0. The van der Waals surface area contributed by atoms with Crippen molar-refractivity contribution in [1.29, 1.82) is 0 Å². The van der Waals surface area contributed by atoms with Crippen molar-refractivity contribution in [3.05, 3.63) is 261 Å². The molecular weight excluding hydrogens is 759 g/mol. The van der Waals surface area contributed by atoms with Crippen molar-refractivity contribution < 1.29 is 0 Å². The smallest absolute Gasteiger partial charge is 0.0546 e. The van der Waals surface area contributed by atoms with Gasteiger partial charge in [-0.2, -0.15) is 0 Å². The van der Waals surface area contributed by atoms with E-state index < -0.39 is 0 Å². The van der Waals surface area contributed by atoms with E-state index in [2.05, 4.69) is 266 Å². The summed E-state index contributed by atoms with van der Waals surface area (Å²) in [4.78, 5) is 2.45. The van der Waals surface area contributed by atoms with Crippen molar-refractivity contribution in [3.63, 3.8) is 0 Å². The average molecular weight is 802 g/mol. The van der Waals surface area contributed by atoms with E-state index >= 15 is 0 Å². The average Bonchev–Trinajstić information content (AvgIpc) is 3.37. The number of fused-ring (bicyclic) bond motifs is 3. The minimum atomic E-state index is 1.08. The maximum absolute atomic E-state index is 2.45. The molecule has 0 spiro atoms.